The molecule has 0 spiro atoms. The number of nitrogen functional groups attached to an aromatic ring is 1. The highest BCUT2D eigenvalue weighted by Crippen LogP contribution is 2.24. The molecule has 2 aromatic rings. The Morgan fingerprint density at radius 1 is 1.10 bits per heavy atom. The van der Waals surface area contributed by atoms with Crippen LogP contribution in [-0.4, -0.2) is 19.0 Å². The normalized spacial score (nSPS) is 15.0. The van der Waals surface area contributed by atoms with Crippen molar-refractivity contribution in [2.75, 3.05) is 29.0 Å². The molecular weight excluding hydrogens is 282 g/mol. The van der Waals surface area contributed by atoms with E-state index in [1.165, 1.54) is 36.3 Å². The van der Waals surface area contributed by atoms with Crippen LogP contribution in [0.1, 0.15) is 28.9 Å². The molecule has 110 valence electrons. The number of nitrogens with one attached hydrogen (secondary N) is 1. The predicted octanol–water partition coefficient (Wildman–Crippen LogP) is 3.57. The lowest BCUT2D eigenvalue weighted by atomic mass is 10.1. The Balaban J connectivity index is 1.67. The Kier molecular flexibility index (Phi) is 4.10. The van der Waals surface area contributed by atoms with Crippen LogP contribution >= 0.6 is 11.3 Å². The van der Waals surface area contributed by atoms with E-state index in [0.717, 1.165) is 18.8 Å². The Morgan fingerprint density at radius 2 is 1.81 bits per heavy atom. The highest BCUT2D eigenvalue weighted by molar-refractivity contribution is 7.12. The molecule has 0 radical (unpaired) electrons. The first kappa shape index (κ1) is 13.9. The van der Waals surface area contributed by atoms with Gasteiger partial charge < -0.3 is 16.0 Å². The Bertz CT molecular complexity index is 615. The molecule has 1 saturated heterocycles. The Labute approximate surface area is 128 Å². The summed E-state index contributed by atoms with van der Waals surface area (Å²) >= 11 is 1.36. The SMILES string of the molecule is Nc1ccsc1C(=O)Nc1ccc(N2CCCCC2)cc1. The zero-order valence-electron chi connectivity index (χ0n) is 11.8. The van der Waals surface area contributed by atoms with Crippen molar-refractivity contribution in [2.24, 2.45) is 0 Å². The van der Waals surface area contributed by atoms with E-state index < -0.39 is 0 Å². The number of nitrogens with zero attached hydrogens (tertiary/aromatic N) is 1. The maximum absolute atomic E-state index is 12.1. The largest absolute Gasteiger partial charge is 0.397 e. The number of benzene rings is 1. The van der Waals surface area contributed by atoms with E-state index in [0.29, 0.717) is 10.6 Å². The molecule has 0 atom stereocenters. The summed E-state index contributed by atoms with van der Waals surface area (Å²) in [5, 5.41) is 4.71. The minimum atomic E-state index is -0.145. The highest BCUT2D eigenvalue weighted by Gasteiger charge is 2.13. The number of hydrogen-bond donors (Lipinski definition) is 2. The zero-order valence-corrected chi connectivity index (χ0v) is 12.7. The summed E-state index contributed by atoms with van der Waals surface area (Å²) in [5.41, 5.74) is 8.31. The molecule has 4 nitrogen and oxygen atoms in total. The number of carbonyl (C=O) groups is 1. The maximum Gasteiger partial charge on any atom is 0.267 e. The van der Waals surface area contributed by atoms with Gasteiger partial charge >= 0.3 is 0 Å². The molecule has 21 heavy (non-hydrogen) atoms. The molecule has 3 N–H and O–H groups in total. The number of anilines is 3. The lowest BCUT2D eigenvalue weighted by Gasteiger charge is -2.28. The summed E-state index contributed by atoms with van der Waals surface area (Å²) in [6.45, 7) is 2.24. The fraction of sp³-hybridized carbons (Fsp3) is 0.312. The van der Waals surface area contributed by atoms with Gasteiger partial charge in [0.2, 0.25) is 0 Å². The van der Waals surface area contributed by atoms with E-state index in [4.69, 9.17) is 5.73 Å². The van der Waals surface area contributed by atoms with Crippen LogP contribution in [-0.2, 0) is 0 Å². The summed E-state index contributed by atoms with van der Waals surface area (Å²) in [4.78, 5) is 15.1. The second kappa shape index (κ2) is 6.18. The highest BCUT2D eigenvalue weighted by atomic mass is 32.1. The van der Waals surface area contributed by atoms with Crippen molar-refractivity contribution in [1.29, 1.82) is 0 Å². The molecule has 0 unspecified atom stereocenters. The van der Waals surface area contributed by atoms with E-state index >= 15 is 0 Å². The van der Waals surface area contributed by atoms with Crippen LogP contribution in [0.15, 0.2) is 35.7 Å². The van der Waals surface area contributed by atoms with Gasteiger partial charge in [-0.2, -0.15) is 0 Å². The molecule has 3 rings (SSSR count). The van der Waals surface area contributed by atoms with E-state index in [1.807, 2.05) is 17.5 Å². The van der Waals surface area contributed by atoms with Crippen LogP contribution < -0.4 is 16.0 Å². The lowest BCUT2D eigenvalue weighted by Crippen LogP contribution is -2.29. The summed E-state index contributed by atoms with van der Waals surface area (Å²) < 4.78 is 0. The minimum Gasteiger partial charge on any atom is -0.397 e. The molecule has 0 aliphatic carbocycles. The van der Waals surface area contributed by atoms with Gasteiger partial charge in [-0.05, 0) is 55.0 Å². The van der Waals surface area contributed by atoms with E-state index in [1.54, 1.807) is 6.07 Å². The number of carbonyl (C=O) groups excluding carboxylic acids is 1. The summed E-state index contributed by atoms with van der Waals surface area (Å²) in [6.07, 6.45) is 3.85. The molecule has 1 aromatic carbocycles. The molecule has 1 aromatic heterocycles. The molecule has 2 heterocycles. The first-order chi connectivity index (χ1) is 10.2. The number of rotatable bonds is 3. The van der Waals surface area contributed by atoms with E-state index in [2.05, 4.69) is 22.3 Å². The second-order valence-corrected chi connectivity index (χ2v) is 6.17. The van der Waals surface area contributed by atoms with Crippen LogP contribution in [0.4, 0.5) is 17.1 Å². The number of nitrogens with two attached hydrogens (primary N) is 1. The van der Waals surface area contributed by atoms with Gasteiger partial charge in [-0.25, -0.2) is 0 Å². The molecule has 5 heteroatoms. The Hall–Kier alpha value is -2.01. The molecular formula is C16H19N3OS. The lowest BCUT2D eigenvalue weighted by molar-refractivity contribution is 0.103. The van der Waals surface area contributed by atoms with Crippen LogP contribution in [0.5, 0.6) is 0 Å². The minimum absolute atomic E-state index is 0.145. The summed E-state index contributed by atoms with van der Waals surface area (Å²) in [6, 6.07) is 9.79. The fourth-order valence-electron chi connectivity index (χ4n) is 2.60. The fourth-order valence-corrected chi connectivity index (χ4v) is 3.31. The maximum atomic E-state index is 12.1. The zero-order chi connectivity index (χ0) is 14.7. The standard InChI is InChI=1S/C16H19N3OS/c17-14-8-11-21-15(14)16(20)18-12-4-6-13(7-5-12)19-9-2-1-3-10-19/h4-8,11H,1-3,9-10,17H2,(H,18,20). The van der Waals surface area contributed by atoms with Gasteiger partial charge in [0, 0.05) is 24.5 Å². The third kappa shape index (κ3) is 3.19. The van der Waals surface area contributed by atoms with Crippen LogP contribution in [0.2, 0.25) is 0 Å². The quantitative estimate of drug-likeness (QED) is 0.911. The molecule has 0 saturated carbocycles. The number of piperidine rings is 1. The van der Waals surface area contributed by atoms with E-state index in [-0.39, 0.29) is 5.91 Å². The van der Waals surface area contributed by atoms with E-state index in [9.17, 15) is 4.79 Å². The van der Waals surface area contributed by atoms with Crippen LogP contribution in [0, 0.1) is 0 Å². The average molecular weight is 301 g/mol. The smallest absolute Gasteiger partial charge is 0.267 e. The number of amides is 1. The van der Waals surface area contributed by atoms with Gasteiger partial charge in [-0.1, -0.05) is 0 Å². The van der Waals surface area contributed by atoms with Gasteiger partial charge in [0.05, 0.1) is 5.69 Å². The third-order valence-corrected chi connectivity index (χ3v) is 4.68. The van der Waals surface area contributed by atoms with Gasteiger partial charge in [0.15, 0.2) is 0 Å². The molecule has 1 fully saturated rings. The van der Waals surface area contributed by atoms with Gasteiger partial charge in [-0.15, -0.1) is 11.3 Å². The number of hydrogen-bond acceptors (Lipinski definition) is 4. The van der Waals surface area contributed by atoms with Gasteiger partial charge in [-0.3, -0.25) is 4.79 Å². The van der Waals surface area contributed by atoms with Gasteiger partial charge in [0.1, 0.15) is 4.88 Å². The first-order valence-electron chi connectivity index (χ1n) is 7.23. The topological polar surface area (TPSA) is 58.4 Å². The molecule has 1 aliphatic heterocycles. The molecule has 0 bridgehead atoms. The first-order valence-corrected chi connectivity index (χ1v) is 8.11. The Morgan fingerprint density at radius 3 is 2.43 bits per heavy atom. The van der Waals surface area contributed by atoms with Crippen molar-refractivity contribution in [3.63, 3.8) is 0 Å². The van der Waals surface area contributed by atoms with Crippen molar-refractivity contribution in [3.05, 3.63) is 40.6 Å². The van der Waals surface area contributed by atoms with Crippen molar-refractivity contribution >= 4 is 34.3 Å². The van der Waals surface area contributed by atoms with Crippen LogP contribution in [0.25, 0.3) is 0 Å². The molecule has 1 amide bonds. The number of thiophene rings is 1. The van der Waals surface area contributed by atoms with Crippen molar-refractivity contribution in [1.82, 2.24) is 0 Å². The van der Waals surface area contributed by atoms with Crippen molar-refractivity contribution in [2.45, 2.75) is 19.3 Å². The third-order valence-electron chi connectivity index (χ3n) is 3.75. The monoisotopic (exact) mass is 301 g/mol. The second-order valence-electron chi connectivity index (χ2n) is 5.25. The average Bonchev–Trinajstić information content (AvgIpc) is 2.95. The summed E-state index contributed by atoms with van der Waals surface area (Å²) in [7, 11) is 0. The van der Waals surface area contributed by atoms with Crippen molar-refractivity contribution < 1.29 is 4.79 Å². The van der Waals surface area contributed by atoms with Gasteiger partial charge in [0.25, 0.3) is 5.91 Å². The van der Waals surface area contributed by atoms with Crippen LogP contribution in [0.3, 0.4) is 0 Å². The molecule has 1 aliphatic rings. The van der Waals surface area contributed by atoms with Crippen molar-refractivity contribution in [3.8, 4) is 0 Å². The predicted molar refractivity (Wildman–Crippen MR) is 89.2 cm³/mol. The summed E-state index contributed by atoms with van der Waals surface area (Å²) in [5.74, 6) is -0.145.